The summed E-state index contributed by atoms with van der Waals surface area (Å²) >= 11 is 0. The fourth-order valence-electron chi connectivity index (χ4n) is 3.25. The first-order valence-electron chi connectivity index (χ1n) is 8.22. The first-order chi connectivity index (χ1) is 12.1. The van der Waals surface area contributed by atoms with Crippen molar-refractivity contribution in [3.63, 3.8) is 0 Å². The molecule has 2 heterocycles. The van der Waals surface area contributed by atoms with Crippen LogP contribution >= 0.6 is 0 Å². The molecule has 7 nitrogen and oxygen atoms in total. The number of hydrogen-bond acceptors (Lipinski definition) is 6. The molecule has 0 spiro atoms. The highest BCUT2D eigenvalue weighted by atomic mass is 16.5. The molecule has 1 aliphatic rings. The molecule has 0 aliphatic carbocycles. The Kier molecular flexibility index (Phi) is 5.14. The number of methoxy groups -OCH3 is 1. The lowest BCUT2D eigenvalue weighted by Crippen LogP contribution is -2.49. The third-order valence-corrected chi connectivity index (χ3v) is 4.52. The van der Waals surface area contributed by atoms with Gasteiger partial charge in [0.1, 0.15) is 17.6 Å². The number of aromatic nitrogens is 2. The molecule has 1 aromatic heterocycles. The van der Waals surface area contributed by atoms with Gasteiger partial charge in [-0.2, -0.15) is 0 Å². The maximum atomic E-state index is 11.9. The quantitative estimate of drug-likeness (QED) is 0.886. The summed E-state index contributed by atoms with van der Waals surface area (Å²) in [5.74, 6) is 0.757. The van der Waals surface area contributed by atoms with Gasteiger partial charge in [-0.05, 0) is 24.1 Å². The number of aliphatic carboxylic acids is 1. The Hall–Kier alpha value is -2.67. The molecule has 1 fully saturated rings. The van der Waals surface area contributed by atoms with E-state index in [2.05, 4.69) is 14.9 Å². The number of carboxylic acid groups (broad SMARTS) is 1. The molecular weight excluding hydrogens is 320 g/mol. The second-order valence-corrected chi connectivity index (χ2v) is 6.06. The van der Waals surface area contributed by atoms with Crippen molar-refractivity contribution >= 4 is 11.8 Å². The average Bonchev–Trinajstić information content (AvgIpc) is 2.63. The lowest BCUT2D eigenvalue weighted by Gasteiger charge is -2.38. The highest BCUT2D eigenvalue weighted by Crippen LogP contribution is 2.28. The molecule has 2 aromatic rings. The van der Waals surface area contributed by atoms with Gasteiger partial charge in [0.25, 0.3) is 0 Å². The normalized spacial score (nSPS) is 16.5. The van der Waals surface area contributed by atoms with Gasteiger partial charge in [0.05, 0.1) is 13.3 Å². The van der Waals surface area contributed by atoms with Crippen LogP contribution in [0.25, 0.3) is 0 Å². The van der Waals surface area contributed by atoms with Crippen molar-refractivity contribution in [2.75, 3.05) is 38.2 Å². The van der Waals surface area contributed by atoms with Gasteiger partial charge >= 0.3 is 5.97 Å². The smallest absolute Gasteiger partial charge is 0.325 e. The summed E-state index contributed by atoms with van der Waals surface area (Å²) in [5.41, 5.74) is 1.71. The van der Waals surface area contributed by atoms with E-state index in [1.54, 1.807) is 25.7 Å². The molecule has 1 aromatic carbocycles. The van der Waals surface area contributed by atoms with Gasteiger partial charge in [0.15, 0.2) is 0 Å². The number of hydrogen-bond donors (Lipinski definition) is 1. The molecule has 0 unspecified atom stereocenters. The maximum absolute atomic E-state index is 11.9. The van der Waals surface area contributed by atoms with E-state index in [1.807, 2.05) is 30.0 Å². The summed E-state index contributed by atoms with van der Waals surface area (Å²) in [5, 5.41) is 9.77. The van der Waals surface area contributed by atoms with E-state index in [-0.39, 0.29) is 0 Å². The van der Waals surface area contributed by atoms with E-state index in [9.17, 15) is 9.90 Å². The number of anilines is 1. The van der Waals surface area contributed by atoms with Crippen LogP contribution in [0.3, 0.4) is 0 Å². The summed E-state index contributed by atoms with van der Waals surface area (Å²) < 4.78 is 5.27. The number of benzene rings is 1. The molecule has 0 radical (unpaired) electrons. The molecule has 3 rings (SSSR count). The minimum absolute atomic E-state index is 0.651. The lowest BCUT2D eigenvalue weighted by molar-refractivity contribution is -0.143. The number of piperazine rings is 1. The Labute approximate surface area is 146 Å². The summed E-state index contributed by atoms with van der Waals surface area (Å²) in [6.07, 6.45) is 5.05. The fraction of sp³-hybridized carbons (Fsp3) is 0.389. The number of nitrogens with zero attached hydrogens (tertiary/aromatic N) is 4. The van der Waals surface area contributed by atoms with Gasteiger partial charge in [0, 0.05) is 38.6 Å². The van der Waals surface area contributed by atoms with Crippen molar-refractivity contribution in [1.82, 2.24) is 14.9 Å². The van der Waals surface area contributed by atoms with Gasteiger partial charge < -0.3 is 14.7 Å². The third kappa shape index (κ3) is 3.71. The molecule has 1 N–H and O–H groups in total. The average molecular weight is 342 g/mol. The molecule has 1 atom stereocenters. The van der Waals surface area contributed by atoms with E-state index in [1.165, 1.54) is 0 Å². The molecule has 0 bridgehead atoms. The summed E-state index contributed by atoms with van der Waals surface area (Å²) in [6.45, 7) is 4.67. The monoisotopic (exact) mass is 342 g/mol. The largest absolute Gasteiger partial charge is 0.496 e. The number of rotatable bonds is 5. The zero-order valence-electron chi connectivity index (χ0n) is 14.4. The van der Waals surface area contributed by atoms with Gasteiger partial charge in [-0.25, -0.2) is 4.98 Å². The molecule has 0 saturated carbocycles. The highest BCUT2D eigenvalue weighted by Gasteiger charge is 2.31. The first-order valence-corrected chi connectivity index (χ1v) is 8.22. The van der Waals surface area contributed by atoms with E-state index in [0.29, 0.717) is 13.1 Å². The predicted octanol–water partition coefficient (Wildman–Crippen LogP) is 1.74. The highest BCUT2D eigenvalue weighted by molar-refractivity contribution is 5.76. The van der Waals surface area contributed by atoms with Crippen LogP contribution in [0.4, 0.5) is 5.82 Å². The van der Waals surface area contributed by atoms with Gasteiger partial charge in [-0.15, -0.1) is 0 Å². The number of carbonyl (C=O) groups is 1. The van der Waals surface area contributed by atoms with Crippen LogP contribution in [0.2, 0.25) is 0 Å². The zero-order valence-corrected chi connectivity index (χ0v) is 14.4. The Morgan fingerprint density at radius 1 is 1.24 bits per heavy atom. The molecule has 0 amide bonds. The summed E-state index contributed by atoms with van der Waals surface area (Å²) in [4.78, 5) is 24.4. The van der Waals surface area contributed by atoms with Crippen molar-refractivity contribution in [1.29, 1.82) is 0 Å². The van der Waals surface area contributed by atoms with Crippen LogP contribution in [-0.4, -0.2) is 59.2 Å². The second kappa shape index (κ2) is 7.48. The van der Waals surface area contributed by atoms with E-state index < -0.39 is 12.0 Å². The van der Waals surface area contributed by atoms with E-state index >= 15 is 0 Å². The van der Waals surface area contributed by atoms with Crippen molar-refractivity contribution < 1.29 is 14.6 Å². The second-order valence-electron chi connectivity index (χ2n) is 6.06. The fourth-order valence-corrected chi connectivity index (χ4v) is 3.25. The molecule has 1 aliphatic heterocycles. The topological polar surface area (TPSA) is 78.8 Å². The Morgan fingerprint density at radius 2 is 2.00 bits per heavy atom. The minimum atomic E-state index is -0.836. The molecule has 132 valence electrons. The van der Waals surface area contributed by atoms with Crippen LogP contribution in [0.5, 0.6) is 5.75 Å². The summed E-state index contributed by atoms with van der Waals surface area (Å²) in [6, 6.07) is 4.90. The van der Waals surface area contributed by atoms with Crippen LogP contribution in [0.1, 0.15) is 17.2 Å². The van der Waals surface area contributed by atoms with Gasteiger partial charge in [0.2, 0.25) is 0 Å². The number of aryl methyl sites for hydroxylation is 1. The Morgan fingerprint density at radius 3 is 2.56 bits per heavy atom. The molecule has 25 heavy (non-hydrogen) atoms. The zero-order chi connectivity index (χ0) is 17.8. The van der Waals surface area contributed by atoms with Crippen LogP contribution < -0.4 is 9.64 Å². The van der Waals surface area contributed by atoms with Crippen LogP contribution in [0.15, 0.2) is 36.8 Å². The van der Waals surface area contributed by atoms with Crippen LogP contribution in [-0.2, 0) is 4.79 Å². The van der Waals surface area contributed by atoms with Gasteiger partial charge in [-0.1, -0.05) is 12.1 Å². The number of carboxylic acids is 1. The summed E-state index contributed by atoms with van der Waals surface area (Å²) in [7, 11) is 1.61. The minimum Gasteiger partial charge on any atom is -0.496 e. The maximum Gasteiger partial charge on any atom is 0.325 e. The Bertz CT molecular complexity index is 730. The van der Waals surface area contributed by atoms with Crippen molar-refractivity contribution in [2.45, 2.75) is 13.0 Å². The molecular formula is C18H22N4O3. The third-order valence-electron chi connectivity index (χ3n) is 4.52. The standard InChI is InChI=1S/C18H22N4O3/c1-13-11-14(3-4-15(13)25-2)17(18(23)24)22-9-7-21(8-10-22)16-12-19-5-6-20-16/h3-6,11-12,17H,7-10H2,1-2H3,(H,23,24)/t17-/m0/s1. The first kappa shape index (κ1) is 17.2. The Balaban J connectivity index is 1.74. The van der Waals surface area contributed by atoms with Gasteiger partial charge in [-0.3, -0.25) is 14.7 Å². The van der Waals surface area contributed by atoms with E-state index in [4.69, 9.17) is 4.74 Å². The lowest BCUT2D eigenvalue weighted by atomic mass is 10.0. The number of ether oxygens (including phenoxy) is 1. The van der Waals surface area contributed by atoms with Crippen molar-refractivity contribution in [3.8, 4) is 5.75 Å². The molecule has 7 heteroatoms. The SMILES string of the molecule is COc1ccc([C@@H](C(=O)O)N2CCN(c3cnccn3)CC2)cc1C. The predicted molar refractivity (Wildman–Crippen MR) is 93.9 cm³/mol. The van der Waals surface area contributed by atoms with Crippen LogP contribution in [0, 0.1) is 6.92 Å². The van der Waals surface area contributed by atoms with Crippen molar-refractivity contribution in [2.24, 2.45) is 0 Å². The van der Waals surface area contributed by atoms with Crippen molar-refractivity contribution in [3.05, 3.63) is 47.9 Å². The van der Waals surface area contributed by atoms with E-state index in [0.717, 1.165) is 35.8 Å². The molecule has 1 saturated heterocycles.